The summed E-state index contributed by atoms with van der Waals surface area (Å²) in [5.41, 5.74) is 6.25. The number of ether oxygens (including phenoxy) is 3. The van der Waals surface area contributed by atoms with Gasteiger partial charge >= 0.3 is 17.9 Å². The second-order valence-corrected chi connectivity index (χ2v) is 9.00. The second-order valence-electron chi connectivity index (χ2n) is 9.00. The molecule has 0 aromatic heterocycles. The second kappa shape index (κ2) is 25.3. The van der Waals surface area contributed by atoms with Crippen LogP contribution >= 0.6 is 0 Å². The number of hydrogen-bond donors (Lipinski definition) is 2. The van der Waals surface area contributed by atoms with Crippen LogP contribution in [0.15, 0.2) is 30.3 Å². The number of hydrogen-bond acceptors (Lipinski definition) is 8. The molecule has 0 aliphatic heterocycles. The maximum atomic E-state index is 12.4. The quantitative estimate of drug-likeness (QED) is 0.277. The van der Waals surface area contributed by atoms with Crippen LogP contribution in [-0.2, 0) is 40.0 Å². The highest BCUT2D eigenvalue weighted by Gasteiger charge is 2.31. The van der Waals surface area contributed by atoms with Crippen molar-refractivity contribution in [3.8, 4) is 0 Å². The third-order valence-electron chi connectivity index (χ3n) is 4.54. The van der Waals surface area contributed by atoms with Crippen LogP contribution in [-0.4, -0.2) is 48.1 Å². The van der Waals surface area contributed by atoms with Crippen molar-refractivity contribution in [2.45, 2.75) is 126 Å². The third-order valence-corrected chi connectivity index (χ3v) is 4.54. The summed E-state index contributed by atoms with van der Waals surface area (Å²) in [6.07, 6.45) is 1.62. The minimum absolute atomic E-state index is 0.0505. The lowest BCUT2D eigenvalue weighted by Crippen LogP contribution is -2.49. The molecule has 39 heavy (non-hydrogen) atoms. The highest BCUT2D eigenvalue weighted by atomic mass is 16.6. The average Bonchev–Trinajstić information content (AvgIpc) is 2.91. The van der Waals surface area contributed by atoms with E-state index in [0.29, 0.717) is 0 Å². The van der Waals surface area contributed by atoms with Gasteiger partial charge in [0.2, 0.25) is 0 Å². The Hall–Kier alpha value is -2.94. The van der Waals surface area contributed by atoms with Gasteiger partial charge in [0.25, 0.3) is 5.91 Å². The van der Waals surface area contributed by atoms with Crippen molar-refractivity contribution in [2.75, 3.05) is 0 Å². The maximum Gasteiger partial charge on any atom is 0.347 e. The van der Waals surface area contributed by atoms with Gasteiger partial charge in [0.1, 0.15) is 18.7 Å². The predicted molar refractivity (Wildman–Crippen MR) is 156 cm³/mol. The van der Waals surface area contributed by atoms with E-state index in [1.165, 1.54) is 40.0 Å². The predicted octanol–water partition coefficient (Wildman–Crippen LogP) is 5.33. The molecule has 0 saturated heterocycles. The number of unbranched alkanes of at least 4 members (excludes halogenated alkanes) is 1. The van der Waals surface area contributed by atoms with Crippen molar-refractivity contribution in [1.82, 2.24) is 5.32 Å². The molecule has 9 heteroatoms. The first-order valence-corrected chi connectivity index (χ1v) is 14.0. The summed E-state index contributed by atoms with van der Waals surface area (Å²) in [4.78, 5) is 48.3. The highest BCUT2D eigenvalue weighted by Crippen LogP contribution is 2.09. The van der Waals surface area contributed by atoms with Crippen molar-refractivity contribution in [2.24, 2.45) is 11.7 Å². The van der Waals surface area contributed by atoms with E-state index in [1.54, 1.807) is 26.0 Å². The van der Waals surface area contributed by atoms with Gasteiger partial charge in [-0.2, -0.15) is 0 Å². The number of esters is 3. The van der Waals surface area contributed by atoms with Crippen LogP contribution in [0.2, 0.25) is 0 Å². The minimum Gasteiger partial charge on any atom is -0.458 e. The lowest BCUT2D eigenvalue weighted by atomic mass is 10.1. The first-order valence-electron chi connectivity index (χ1n) is 14.0. The van der Waals surface area contributed by atoms with Crippen LogP contribution in [0.3, 0.4) is 0 Å². The molecule has 1 rings (SSSR count). The first-order chi connectivity index (χ1) is 18.4. The van der Waals surface area contributed by atoms with Crippen LogP contribution in [0.1, 0.15) is 101 Å². The Morgan fingerprint density at radius 1 is 0.795 bits per heavy atom. The van der Waals surface area contributed by atoms with Crippen LogP contribution in [0.5, 0.6) is 0 Å². The van der Waals surface area contributed by atoms with E-state index in [4.69, 9.17) is 19.9 Å². The molecule has 0 heterocycles. The van der Waals surface area contributed by atoms with Gasteiger partial charge in [-0.1, -0.05) is 105 Å². The summed E-state index contributed by atoms with van der Waals surface area (Å²) >= 11 is 0. The van der Waals surface area contributed by atoms with Gasteiger partial charge in [-0.25, -0.2) is 9.59 Å². The fourth-order valence-corrected chi connectivity index (χ4v) is 2.25. The summed E-state index contributed by atoms with van der Waals surface area (Å²) in [5.74, 6) is -3.27. The fraction of sp³-hybridized carbons (Fsp3) is 0.667. The van der Waals surface area contributed by atoms with Crippen LogP contribution < -0.4 is 11.1 Å². The van der Waals surface area contributed by atoms with E-state index in [2.05, 4.69) is 33.0 Å². The highest BCUT2D eigenvalue weighted by molar-refractivity contribution is 5.89. The third kappa shape index (κ3) is 20.7. The Morgan fingerprint density at radius 3 is 1.69 bits per heavy atom. The lowest BCUT2D eigenvalue weighted by Gasteiger charge is -2.23. The molecule has 1 aromatic carbocycles. The zero-order valence-corrected chi connectivity index (χ0v) is 26.0. The van der Waals surface area contributed by atoms with Gasteiger partial charge in [-0.3, -0.25) is 9.59 Å². The molecule has 0 aliphatic rings. The molecule has 3 N–H and O–H groups in total. The molecule has 0 spiro atoms. The van der Waals surface area contributed by atoms with Crippen molar-refractivity contribution < 1.29 is 33.4 Å². The van der Waals surface area contributed by atoms with Crippen LogP contribution in [0.25, 0.3) is 0 Å². The number of rotatable bonds is 11. The Morgan fingerprint density at radius 2 is 1.28 bits per heavy atom. The summed E-state index contributed by atoms with van der Waals surface area (Å²) in [6.45, 7) is 20.2. The molecule has 4 unspecified atom stereocenters. The molecular formula is C30H54N2O7. The molecule has 0 fully saturated rings. The molecule has 0 aliphatic carbocycles. The van der Waals surface area contributed by atoms with Crippen LogP contribution in [0, 0.1) is 5.92 Å². The van der Waals surface area contributed by atoms with Gasteiger partial charge < -0.3 is 25.3 Å². The first kappa shape index (κ1) is 40.6. The van der Waals surface area contributed by atoms with E-state index in [9.17, 15) is 19.2 Å². The van der Waals surface area contributed by atoms with E-state index in [0.717, 1.165) is 5.56 Å². The summed E-state index contributed by atoms with van der Waals surface area (Å²) < 4.78 is 15.3. The van der Waals surface area contributed by atoms with E-state index in [-0.39, 0.29) is 12.5 Å². The molecule has 0 bridgehead atoms. The van der Waals surface area contributed by atoms with Gasteiger partial charge in [-0.05, 0) is 32.3 Å². The SMILES string of the molecule is CC.CC(N)C(=O)OC(C(=O)NC(C)C(=O)OC(C)C(=O)OCc1ccccc1)C(C)C.CCC.CCCC. The van der Waals surface area contributed by atoms with Crippen molar-refractivity contribution in [3.63, 3.8) is 0 Å². The minimum atomic E-state index is -1.16. The monoisotopic (exact) mass is 554 g/mol. The van der Waals surface area contributed by atoms with E-state index < -0.39 is 48.1 Å². The Labute approximate surface area is 236 Å². The largest absolute Gasteiger partial charge is 0.458 e. The summed E-state index contributed by atoms with van der Waals surface area (Å²) in [7, 11) is 0. The Bertz CT molecular complexity index is 781. The van der Waals surface area contributed by atoms with Crippen molar-refractivity contribution >= 4 is 23.8 Å². The number of carbonyl (C=O) groups excluding carboxylic acids is 4. The van der Waals surface area contributed by atoms with Gasteiger partial charge in [-0.15, -0.1) is 0 Å². The number of benzene rings is 1. The van der Waals surface area contributed by atoms with Crippen LogP contribution in [0.4, 0.5) is 0 Å². The topological polar surface area (TPSA) is 134 Å². The fourth-order valence-electron chi connectivity index (χ4n) is 2.25. The van der Waals surface area contributed by atoms with E-state index >= 15 is 0 Å². The Balaban J connectivity index is -0.00000126. The number of nitrogens with one attached hydrogen (secondary N) is 1. The molecule has 226 valence electrons. The molecule has 9 nitrogen and oxygen atoms in total. The lowest BCUT2D eigenvalue weighted by molar-refractivity contribution is -0.169. The average molecular weight is 555 g/mol. The van der Waals surface area contributed by atoms with Crippen molar-refractivity contribution in [1.29, 1.82) is 0 Å². The molecule has 0 radical (unpaired) electrons. The number of amides is 1. The summed E-state index contributed by atoms with van der Waals surface area (Å²) in [6, 6.07) is 7.10. The Kier molecular flexibility index (Phi) is 26.4. The van der Waals surface area contributed by atoms with Crippen molar-refractivity contribution in [3.05, 3.63) is 35.9 Å². The van der Waals surface area contributed by atoms with Gasteiger partial charge in [0.05, 0.1) is 0 Å². The molecule has 0 saturated carbocycles. The van der Waals surface area contributed by atoms with Gasteiger partial charge in [0, 0.05) is 0 Å². The zero-order valence-electron chi connectivity index (χ0n) is 26.0. The van der Waals surface area contributed by atoms with Gasteiger partial charge in [0.15, 0.2) is 12.2 Å². The smallest absolute Gasteiger partial charge is 0.347 e. The maximum absolute atomic E-state index is 12.4. The zero-order chi connectivity index (χ0) is 31.0. The van der Waals surface area contributed by atoms with E-state index in [1.807, 2.05) is 32.0 Å². The molecule has 1 aromatic rings. The molecular weight excluding hydrogens is 500 g/mol. The number of nitrogens with two attached hydrogens (primary N) is 1. The summed E-state index contributed by atoms with van der Waals surface area (Å²) in [5, 5.41) is 2.42. The standard InChI is InChI=1S/C21H30N2O7.C4H10.C3H8.C2H6/c1-12(2)17(30-19(25)13(3)22)18(24)23-14(4)20(26)29-15(5)21(27)28-11-16-9-7-6-8-10-16;1-3-4-2;1-3-2;1-2/h6-10,12-15,17H,11,22H2,1-5H3,(H,23,24);3-4H2,1-2H3;3H2,1-2H3;1-2H3. The molecule has 4 atom stereocenters. The number of carbonyl (C=O) groups is 4. The normalized spacial score (nSPS) is 12.7. The molecule has 1 amide bonds.